The van der Waals surface area contributed by atoms with E-state index in [0.29, 0.717) is 36.5 Å². The predicted octanol–water partition coefficient (Wildman–Crippen LogP) is 3.65. The molecule has 2 fully saturated rings. The molecule has 2 amide bonds. The number of fused-ring (bicyclic) bond motifs is 2. The molecule has 2 aliphatic heterocycles. The lowest BCUT2D eigenvalue weighted by atomic mass is 9.98. The Hall–Kier alpha value is -3.07. The van der Waals surface area contributed by atoms with Gasteiger partial charge < -0.3 is 30.0 Å². The molecule has 0 saturated carbocycles. The Labute approximate surface area is 192 Å². The van der Waals surface area contributed by atoms with Crippen molar-refractivity contribution in [3.63, 3.8) is 0 Å². The van der Waals surface area contributed by atoms with Gasteiger partial charge in [0.1, 0.15) is 5.76 Å². The first-order chi connectivity index (χ1) is 15.5. The van der Waals surface area contributed by atoms with E-state index in [1.165, 1.54) is 0 Å². The molecule has 2 saturated heterocycles. The molecule has 170 valence electrons. The number of rotatable bonds is 6. The Morgan fingerprint density at radius 3 is 2.50 bits per heavy atom. The molecule has 1 aromatic carbocycles. The lowest BCUT2D eigenvalue weighted by molar-refractivity contribution is 0.0526. The molecule has 0 aliphatic carbocycles. The Morgan fingerprint density at radius 2 is 1.88 bits per heavy atom. The molecule has 2 aromatic rings. The van der Waals surface area contributed by atoms with Crippen molar-refractivity contribution >= 4 is 35.0 Å². The number of urea groups is 1. The monoisotopic (exact) mass is 456 g/mol. The zero-order valence-corrected chi connectivity index (χ0v) is 18.8. The summed E-state index contributed by atoms with van der Waals surface area (Å²) in [5, 5.41) is 9.98. The Kier molecular flexibility index (Phi) is 6.94. The molecule has 2 bridgehead atoms. The van der Waals surface area contributed by atoms with E-state index >= 15 is 0 Å². The normalized spacial score (nSPS) is 21.7. The molecular weight excluding hydrogens is 428 g/mol. The number of ether oxygens (including phenoxy) is 1. The third-order valence-corrected chi connectivity index (χ3v) is 6.31. The van der Waals surface area contributed by atoms with Gasteiger partial charge in [-0.2, -0.15) is 0 Å². The van der Waals surface area contributed by atoms with Crippen molar-refractivity contribution in [1.29, 1.82) is 0 Å². The van der Waals surface area contributed by atoms with Crippen molar-refractivity contribution < 1.29 is 18.7 Å². The lowest BCUT2D eigenvalue weighted by Gasteiger charge is -2.40. The minimum atomic E-state index is -0.373. The summed E-state index contributed by atoms with van der Waals surface area (Å²) in [5.41, 5.74) is 1.08. The summed E-state index contributed by atoms with van der Waals surface area (Å²) in [6, 6.07) is 10.9. The molecule has 0 spiro atoms. The first-order valence-corrected chi connectivity index (χ1v) is 11.4. The number of piperidine rings is 1. The zero-order valence-electron chi connectivity index (χ0n) is 18.0. The summed E-state index contributed by atoms with van der Waals surface area (Å²) in [6.07, 6.45) is 5.51. The Bertz CT molecular complexity index is 933. The molecule has 2 aliphatic rings. The molecule has 0 radical (unpaired) electrons. The van der Waals surface area contributed by atoms with Gasteiger partial charge in [0.15, 0.2) is 5.11 Å². The summed E-state index contributed by atoms with van der Waals surface area (Å²) >= 11 is 5.64. The third kappa shape index (κ3) is 5.21. The first kappa shape index (κ1) is 22.1. The van der Waals surface area contributed by atoms with E-state index < -0.39 is 0 Å². The van der Waals surface area contributed by atoms with Crippen LogP contribution in [-0.2, 0) is 11.3 Å². The van der Waals surface area contributed by atoms with Crippen LogP contribution in [0.25, 0.3) is 0 Å². The maximum atomic E-state index is 12.5. The van der Waals surface area contributed by atoms with Gasteiger partial charge in [0.05, 0.1) is 25.0 Å². The van der Waals surface area contributed by atoms with Gasteiger partial charge in [0.2, 0.25) is 0 Å². The smallest absolute Gasteiger partial charge is 0.338 e. The van der Waals surface area contributed by atoms with Gasteiger partial charge in [-0.1, -0.05) is 0 Å². The summed E-state index contributed by atoms with van der Waals surface area (Å²) in [7, 11) is 0. The quantitative estimate of drug-likeness (QED) is 0.451. The minimum Gasteiger partial charge on any atom is -0.467 e. The summed E-state index contributed by atoms with van der Waals surface area (Å²) < 4.78 is 10.3. The molecule has 4 rings (SSSR count). The molecule has 32 heavy (non-hydrogen) atoms. The van der Waals surface area contributed by atoms with E-state index in [1.54, 1.807) is 37.5 Å². The van der Waals surface area contributed by atoms with E-state index in [2.05, 4.69) is 20.9 Å². The van der Waals surface area contributed by atoms with Crippen LogP contribution in [0.2, 0.25) is 0 Å². The summed E-state index contributed by atoms with van der Waals surface area (Å²) in [4.78, 5) is 26.5. The van der Waals surface area contributed by atoms with Crippen LogP contribution in [0.5, 0.6) is 0 Å². The number of furan rings is 1. The highest BCUT2D eigenvalue weighted by molar-refractivity contribution is 7.80. The number of nitrogens with zero attached hydrogens (tertiary/aromatic N) is 1. The van der Waals surface area contributed by atoms with Gasteiger partial charge in [-0.15, -0.1) is 0 Å². The highest BCUT2D eigenvalue weighted by atomic mass is 32.1. The second-order valence-corrected chi connectivity index (χ2v) is 8.48. The van der Waals surface area contributed by atoms with Crippen LogP contribution in [0, 0.1) is 0 Å². The van der Waals surface area contributed by atoms with Crippen molar-refractivity contribution in [2.24, 2.45) is 0 Å². The number of nitrogens with one attached hydrogen (secondary N) is 3. The van der Waals surface area contributed by atoms with Crippen molar-refractivity contribution in [3.05, 3.63) is 54.0 Å². The lowest BCUT2D eigenvalue weighted by Crippen LogP contribution is -2.55. The van der Waals surface area contributed by atoms with Crippen LogP contribution in [-0.4, -0.2) is 46.7 Å². The summed E-state index contributed by atoms with van der Waals surface area (Å²) in [6.45, 7) is 2.66. The number of esters is 1. The van der Waals surface area contributed by atoms with Crippen LogP contribution < -0.4 is 16.0 Å². The van der Waals surface area contributed by atoms with Gasteiger partial charge in [0, 0.05) is 23.8 Å². The fourth-order valence-corrected chi connectivity index (χ4v) is 4.92. The van der Waals surface area contributed by atoms with Crippen LogP contribution in [0.3, 0.4) is 0 Å². The summed E-state index contributed by atoms with van der Waals surface area (Å²) in [5.74, 6) is 0.477. The fraction of sp³-hybridized carbons (Fsp3) is 0.435. The maximum Gasteiger partial charge on any atom is 0.338 e. The Morgan fingerprint density at radius 1 is 1.16 bits per heavy atom. The molecule has 1 unspecified atom stereocenters. The molecule has 3 heterocycles. The van der Waals surface area contributed by atoms with Gasteiger partial charge >= 0.3 is 12.0 Å². The number of carbonyl (C=O) groups excluding carboxylic acids is 2. The van der Waals surface area contributed by atoms with E-state index in [1.807, 2.05) is 12.1 Å². The van der Waals surface area contributed by atoms with Gasteiger partial charge in [0.25, 0.3) is 0 Å². The second-order valence-electron chi connectivity index (χ2n) is 8.09. The second kappa shape index (κ2) is 10.0. The van der Waals surface area contributed by atoms with E-state index in [0.717, 1.165) is 36.6 Å². The predicted molar refractivity (Wildman–Crippen MR) is 124 cm³/mol. The largest absolute Gasteiger partial charge is 0.467 e. The molecule has 3 atom stereocenters. The number of anilines is 1. The number of hydrogen-bond acceptors (Lipinski definition) is 5. The number of thiocarbonyl (C=S) groups is 1. The molecule has 3 N–H and O–H groups in total. The van der Waals surface area contributed by atoms with Gasteiger partial charge in [-0.05, 0) is 81.2 Å². The average Bonchev–Trinajstić information content (AvgIpc) is 3.39. The van der Waals surface area contributed by atoms with Crippen LogP contribution in [0.15, 0.2) is 47.1 Å². The average molecular weight is 457 g/mol. The van der Waals surface area contributed by atoms with Gasteiger partial charge in [-0.3, -0.25) is 0 Å². The molecule has 1 aromatic heterocycles. The van der Waals surface area contributed by atoms with E-state index in [9.17, 15) is 9.59 Å². The SMILES string of the molecule is CCOC(=O)c1ccc(NC(=O)NC2C[C@H]3CC[C@@H](C2)N3C(=S)NCc2ccco2)cc1. The van der Waals surface area contributed by atoms with Crippen molar-refractivity contribution in [2.75, 3.05) is 11.9 Å². The maximum absolute atomic E-state index is 12.5. The first-order valence-electron chi connectivity index (χ1n) is 11.0. The van der Waals surface area contributed by atoms with Gasteiger partial charge in [-0.25, -0.2) is 9.59 Å². The molecular formula is C23H28N4O4S. The number of hydrogen-bond donors (Lipinski definition) is 3. The fourth-order valence-electron chi connectivity index (χ4n) is 4.55. The van der Waals surface area contributed by atoms with Crippen molar-refractivity contribution in [2.45, 2.75) is 57.3 Å². The minimum absolute atomic E-state index is 0.0930. The van der Waals surface area contributed by atoms with Crippen molar-refractivity contribution in [3.8, 4) is 0 Å². The highest BCUT2D eigenvalue weighted by Gasteiger charge is 2.42. The topological polar surface area (TPSA) is 95.8 Å². The number of benzene rings is 1. The molecule has 8 nitrogen and oxygen atoms in total. The van der Waals surface area contributed by atoms with E-state index in [4.69, 9.17) is 21.4 Å². The molecule has 9 heteroatoms. The van der Waals surface area contributed by atoms with E-state index in [-0.39, 0.29) is 18.0 Å². The Balaban J connectivity index is 1.26. The van der Waals surface area contributed by atoms with Crippen LogP contribution >= 0.6 is 12.2 Å². The number of amides is 2. The highest BCUT2D eigenvalue weighted by Crippen LogP contribution is 2.36. The van der Waals surface area contributed by atoms with Crippen molar-refractivity contribution in [1.82, 2.24) is 15.5 Å². The zero-order chi connectivity index (χ0) is 22.5. The third-order valence-electron chi connectivity index (χ3n) is 5.95. The number of carbonyl (C=O) groups is 2. The standard InChI is InChI=1S/C23H28N4O4S/c1-2-30-21(28)15-5-7-16(8-6-15)25-22(29)26-17-12-18-9-10-19(13-17)27(18)23(32)24-14-20-4-3-11-31-20/h3-8,11,17-19H,2,9-10,12-14H2,1H3,(H,24,32)(H2,25,26,29)/t17?,18-,19+. The van der Waals surface area contributed by atoms with Crippen LogP contribution in [0.4, 0.5) is 10.5 Å². The van der Waals surface area contributed by atoms with Crippen LogP contribution in [0.1, 0.15) is 48.7 Å².